The second-order valence-corrected chi connectivity index (χ2v) is 5.21. The van der Waals surface area contributed by atoms with Crippen LogP contribution in [-0.2, 0) is 4.79 Å². The molecule has 2 aromatic rings. The zero-order chi connectivity index (χ0) is 14.5. The average Bonchev–Trinajstić information content (AvgIpc) is 2.94. The lowest BCUT2D eigenvalue weighted by molar-refractivity contribution is -0.117. The zero-order valence-corrected chi connectivity index (χ0v) is 11.7. The molecule has 3 N–H and O–H groups in total. The predicted molar refractivity (Wildman–Crippen MR) is 77.5 cm³/mol. The number of nitrogens with one attached hydrogen (secondary N) is 1. The summed E-state index contributed by atoms with van der Waals surface area (Å²) < 4.78 is 4.90. The summed E-state index contributed by atoms with van der Waals surface area (Å²) >= 11 is 1.34. The maximum Gasteiger partial charge on any atom is 0.293 e. The van der Waals surface area contributed by atoms with Crippen LogP contribution < -0.4 is 11.1 Å². The van der Waals surface area contributed by atoms with Crippen molar-refractivity contribution in [3.8, 4) is 0 Å². The Hall–Kier alpha value is -2.21. The largest absolute Gasteiger partial charge is 0.459 e. The highest BCUT2D eigenvalue weighted by atomic mass is 32.2. The molecule has 0 spiro atoms. The van der Waals surface area contributed by atoms with E-state index in [1.807, 2.05) is 19.1 Å². The van der Waals surface area contributed by atoms with Crippen LogP contribution in [0.25, 0.3) is 0 Å². The highest BCUT2D eigenvalue weighted by molar-refractivity contribution is 8.00. The van der Waals surface area contributed by atoms with Crippen molar-refractivity contribution in [1.82, 2.24) is 5.32 Å². The SMILES string of the molecule is Cc1cc(SCC(=O)NC(=O)c2ccco2)ccc1N. The molecule has 0 bridgehead atoms. The van der Waals surface area contributed by atoms with E-state index in [1.54, 1.807) is 12.1 Å². The monoisotopic (exact) mass is 290 g/mol. The number of hydrogen-bond acceptors (Lipinski definition) is 5. The number of carbonyl (C=O) groups is 2. The zero-order valence-electron chi connectivity index (χ0n) is 10.9. The van der Waals surface area contributed by atoms with Gasteiger partial charge in [0, 0.05) is 10.6 Å². The van der Waals surface area contributed by atoms with E-state index in [2.05, 4.69) is 5.32 Å². The smallest absolute Gasteiger partial charge is 0.293 e. The lowest BCUT2D eigenvalue weighted by Crippen LogP contribution is -2.31. The summed E-state index contributed by atoms with van der Waals surface area (Å²) in [5.74, 6) is -0.637. The first kappa shape index (κ1) is 14.2. The molecule has 0 aliphatic carbocycles. The summed E-state index contributed by atoms with van der Waals surface area (Å²) in [6.45, 7) is 1.90. The van der Waals surface area contributed by atoms with Crippen LogP contribution in [0.15, 0.2) is 45.9 Å². The first-order chi connectivity index (χ1) is 9.56. The van der Waals surface area contributed by atoms with Crippen molar-refractivity contribution in [2.75, 3.05) is 11.5 Å². The van der Waals surface area contributed by atoms with Crippen molar-refractivity contribution in [2.24, 2.45) is 0 Å². The van der Waals surface area contributed by atoms with E-state index in [4.69, 9.17) is 10.2 Å². The summed E-state index contributed by atoms with van der Waals surface area (Å²) in [7, 11) is 0. The minimum Gasteiger partial charge on any atom is -0.459 e. The second kappa shape index (κ2) is 6.29. The Kier molecular flexibility index (Phi) is 4.47. The minimum absolute atomic E-state index is 0.117. The van der Waals surface area contributed by atoms with Gasteiger partial charge in [0.15, 0.2) is 5.76 Å². The normalized spacial score (nSPS) is 10.2. The van der Waals surface area contributed by atoms with E-state index in [9.17, 15) is 9.59 Å². The fraction of sp³-hybridized carbons (Fsp3) is 0.143. The molecule has 104 valence electrons. The molecule has 2 rings (SSSR count). The van der Waals surface area contributed by atoms with Gasteiger partial charge in [-0.15, -0.1) is 11.8 Å². The number of rotatable bonds is 4. The molecule has 2 amide bonds. The first-order valence-corrected chi connectivity index (χ1v) is 6.91. The lowest BCUT2D eigenvalue weighted by Gasteiger charge is -2.05. The summed E-state index contributed by atoms with van der Waals surface area (Å²) in [6, 6.07) is 8.63. The van der Waals surface area contributed by atoms with Crippen LogP contribution >= 0.6 is 11.8 Å². The number of nitrogens with two attached hydrogens (primary N) is 1. The summed E-state index contributed by atoms with van der Waals surface area (Å²) in [5.41, 5.74) is 7.40. The highest BCUT2D eigenvalue weighted by Crippen LogP contribution is 2.22. The number of aryl methyl sites for hydroxylation is 1. The number of amides is 2. The third-order valence-electron chi connectivity index (χ3n) is 2.61. The number of hydrogen-bond donors (Lipinski definition) is 2. The fourth-order valence-electron chi connectivity index (χ4n) is 1.52. The van der Waals surface area contributed by atoms with Gasteiger partial charge in [0.05, 0.1) is 12.0 Å². The summed E-state index contributed by atoms with van der Waals surface area (Å²) in [5, 5.41) is 2.26. The number of nitrogen functional groups attached to an aromatic ring is 1. The van der Waals surface area contributed by atoms with Crippen LogP contribution in [0, 0.1) is 6.92 Å². The second-order valence-electron chi connectivity index (χ2n) is 4.16. The van der Waals surface area contributed by atoms with Gasteiger partial charge in [-0.2, -0.15) is 0 Å². The number of carbonyl (C=O) groups excluding carboxylic acids is 2. The number of imide groups is 1. The fourth-order valence-corrected chi connectivity index (χ4v) is 2.31. The molecule has 1 aromatic carbocycles. The number of anilines is 1. The van der Waals surface area contributed by atoms with Gasteiger partial charge >= 0.3 is 0 Å². The van der Waals surface area contributed by atoms with Gasteiger partial charge in [-0.1, -0.05) is 0 Å². The van der Waals surface area contributed by atoms with Crippen molar-refractivity contribution in [1.29, 1.82) is 0 Å². The number of benzene rings is 1. The molecular weight excluding hydrogens is 276 g/mol. The quantitative estimate of drug-likeness (QED) is 0.666. The number of thioether (sulfide) groups is 1. The van der Waals surface area contributed by atoms with Gasteiger partial charge in [0.25, 0.3) is 5.91 Å². The Morgan fingerprint density at radius 1 is 1.35 bits per heavy atom. The van der Waals surface area contributed by atoms with Crippen LogP contribution in [0.5, 0.6) is 0 Å². The Morgan fingerprint density at radius 3 is 2.80 bits per heavy atom. The molecule has 0 aliphatic rings. The van der Waals surface area contributed by atoms with Crippen molar-refractivity contribution in [3.05, 3.63) is 47.9 Å². The van der Waals surface area contributed by atoms with Crippen LogP contribution in [0.4, 0.5) is 5.69 Å². The molecule has 0 unspecified atom stereocenters. The average molecular weight is 290 g/mol. The predicted octanol–water partition coefficient (Wildman–Crippen LogP) is 2.22. The molecule has 1 aromatic heterocycles. The molecule has 20 heavy (non-hydrogen) atoms. The number of furan rings is 1. The minimum atomic E-state index is -0.533. The third-order valence-corrected chi connectivity index (χ3v) is 3.60. The van der Waals surface area contributed by atoms with E-state index in [-0.39, 0.29) is 17.4 Å². The van der Waals surface area contributed by atoms with E-state index in [0.29, 0.717) is 5.69 Å². The molecule has 0 saturated carbocycles. The molecule has 0 radical (unpaired) electrons. The lowest BCUT2D eigenvalue weighted by atomic mass is 10.2. The maximum atomic E-state index is 11.7. The molecule has 5 nitrogen and oxygen atoms in total. The molecule has 6 heteroatoms. The molecular formula is C14H14N2O3S. The Morgan fingerprint density at radius 2 is 2.15 bits per heavy atom. The first-order valence-electron chi connectivity index (χ1n) is 5.93. The standard InChI is InChI=1S/C14H14N2O3S/c1-9-7-10(4-5-11(9)15)20-8-13(17)16-14(18)12-3-2-6-19-12/h2-7H,8,15H2,1H3,(H,16,17,18). The van der Waals surface area contributed by atoms with E-state index < -0.39 is 5.91 Å². The summed E-state index contributed by atoms with van der Waals surface area (Å²) in [4.78, 5) is 24.2. The van der Waals surface area contributed by atoms with Gasteiger partial charge < -0.3 is 10.2 Å². The van der Waals surface area contributed by atoms with Crippen molar-refractivity contribution in [2.45, 2.75) is 11.8 Å². The van der Waals surface area contributed by atoms with Crippen molar-refractivity contribution < 1.29 is 14.0 Å². The van der Waals surface area contributed by atoms with E-state index in [1.165, 1.54) is 24.1 Å². The maximum absolute atomic E-state index is 11.7. The summed E-state index contributed by atoms with van der Waals surface area (Å²) in [6.07, 6.45) is 1.38. The molecule has 0 saturated heterocycles. The third kappa shape index (κ3) is 3.64. The molecule has 0 fully saturated rings. The Bertz CT molecular complexity index is 623. The van der Waals surface area contributed by atoms with Crippen molar-refractivity contribution in [3.63, 3.8) is 0 Å². The van der Waals surface area contributed by atoms with Gasteiger partial charge in [-0.3, -0.25) is 14.9 Å². The highest BCUT2D eigenvalue weighted by Gasteiger charge is 2.12. The van der Waals surface area contributed by atoms with Gasteiger partial charge in [0.1, 0.15) is 0 Å². The van der Waals surface area contributed by atoms with Crippen LogP contribution in [-0.4, -0.2) is 17.6 Å². The van der Waals surface area contributed by atoms with E-state index >= 15 is 0 Å². The molecule has 1 heterocycles. The van der Waals surface area contributed by atoms with Crippen LogP contribution in [0.3, 0.4) is 0 Å². The van der Waals surface area contributed by atoms with E-state index in [0.717, 1.165) is 10.5 Å². The topological polar surface area (TPSA) is 85.3 Å². The van der Waals surface area contributed by atoms with Crippen LogP contribution in [0.2, 0.25) is 0 Å². The Labute approximate surface area is 120 Å². The van der Waals surface area contributed by atoms with Gasteiger partial charge in [-0.25, -0.2) is 0 Å². The van der Waals surface area contributed by atoms with Crippen molar-refractivity contribution >= 4 is 29.3 Å². The Balaban J connectivity index is 1.86. The van der Waals surface area contributed by atoms with Gasteiger partial charge in [0.2, 0.25) is 5.91 Å². The molecule has 0 atom stereocenters. The van der Waals surface area contributed by atoms with Gasteiger partial charge in [-0.05, 0) is 42.8 Å². The molecule has 0 aliphatic heterocycles. The van der Waals surface area contributed by atoms with Crippen LogP contribution in [0.1, 0.15) is 16.1 Å².